The number of amides is 1. The second-order valence-corrected chi connectivity index (χ2v) is 1.97. The van der Waals surface area contributed by atoms with E-state index in [1.54, 1.807) is 0 Å². The highest BCUT2D eigenvalue weighted by Gasteiger charge is 2.03. The quantitative estimate of drug-likeness (QED) is 0.652. The first kappa shape index (κ1) is 9.01. The van der Waals surface area contributed by atoms with Crippen molar-refractivity contribution >= 4 is 6.09 Å². The molecule has 58 valence electrons. The summed E-state index contributed by atoms with van der Waals surface area (Å²) in [5.41, 5.74) is 0. The molecule has 1 amide bonds. The maximum Gasteiger partial charge on any atom is 0.411 e. The van der Waals surface area contributed by atoms with Crippen LogP contribution < -0.4 is 5.32 Å². The van der Waals surface area contributed by atoms with Gasteiger partial charge in [-0.15, -0.1) is 0 Å². The lowest BCUT2D eigenvalue weighted by atomic mass is 10.3. The van der Waals surface area contributed by atoms with Crippen LogP contribution in [0.2, 0.25) is 0 Å². The SMILES string of the molecule is C=CNC(=O)OC(C)CC. The van der Waals surface area contributed by atoms with Crippen LogP contribution in [0.1, 0.15) is 20.3 Å². The molecule has 0 aliphatic heterocycles. The average molecular weight is 143 g/mol. The van der Waals surface area contributed by atoms with E-state index < -0.39 is 6.09 Å². The van der Waals surface area contributed by atoms with E-state index in [1.165, 1.54) is 6.20 Å². The molecule has 0 aromatic carbocycles. The second-order valence-electron chi connectivity index (χ2n) is 1.97. The molecular formula is C7H13NO2. The van der Waals surface area contributed by atoms with Crippen LogP contribution in [0.4, 0.5) is 4.79 Å². The summed E-state index contributed by atoms with van der Waals surface area (Å²) in [5, 5.41) is 2.31. The number of ether oxygens (including phenoxy) is 1. The summed E-state index contributed by atoms with van der Waals surface area (Å²) in [6.07, 6.45) is 1.65. The molecule has 0 radical (unpaired) electrons. The molecule has 0 aliphatic carbocycles. The van der Waals surface area contributed by atoms with Crippen LogP contribution in [0.25, 0.3) is 0 Å². The minimum Gasteiger partial charge on any atom is -0.446 e. The lowest BCUT2D eigenvalue weighted by Gasteiger charge is -2.09. The van der Waals surface area contributed by atoms with Crippen LogP contribution in [-0.2, 0) is 4.74 Å². The maximum absolute atomic E-state index is 10.6. The van der Waals surface area contributed by atoms with Crippen molar-refractivity contribution < 1.29 is 9.53 Å². The third-order valence-corrected chi connectivity index (χ3v) is 1.10. The molecule has 0 aromatic rings. The van der Waals surface area contributed by atoms with Crippen LogP contribution in [-0.4, -0.2) is 12.2 Å². The molecular weight excluding hydrogens is 130 g/mol. The van der Waals surface area contributed by atoms with Gasteiger partial charge in [-0.3, -0.25) is 5.32 Å². The van der Waals surface area contributed by atoms with Gasteiger partial charge in [-0.05, 0) is 19.5 Å². The number of hydrogen-bond donors (Lipinski definition) is 1. The fraction of sp³-hybridized carbons (Fsp3) is 0.571. The molecule has 0 fully saturated rings. The topological polar surface area (TPSA) is 38.3 Å². The number of carbonyl (C=O) groups is 1. The molecule has 3 nitrogen and oxygen atoms in total. The van der Waals surface area contributed by atoms with Gasteiger partial charge in [0.2, 0.25) is 0 Å². The lowest BCUT2D eigenvalue weighted by Crippen LogP contribution is -2.22. The molecule has 0 rings (SSSR count). The van der Waals surface area contributed by atoms with E-state index in [0.29, 0.717) is 0 Å². The summed E-state index contributed by atoms with van der Waals surface area (Å²) in [7, 11) is 0. The average Bonchev–Trinajstić information content (AvgIpc) is 1.88. The van der Waals surface area contributed by atoms with Gasteiger partial charge in [0.05, 0.1) is 0 Å². The molecule has 0 aliphatic rings. The van der Waals surface area contributed by atoms with E-state index in [2.05, 4.69) is 11.9 Å². The Balaban J connectivity index is 3.46. The fourth-order valence-electron chi connectivity index (χ4n) is 0.383. The van der Waals surface area contributed by atoms with Crippen molar-refractivity contribution in [3.63, 3.8) is 0 Å². The van der Waals surface area contributed by atoms with Gasteiger partial charge in [0.25, 0.3) is 0 Å². The smallest absolute Gasteiger partial charge is 0.411 e. The van der Waals surface area contributed by atoms with Gasteiger partial charge >= 0.3 is 6.09 Å². The predicted octanol–water partition coefficient (Wildman–Crippen LogP) is 1.65. The minimum absolute atomic E-state index is 0.0278. The Morgan fingerprint density at radius 2 is 2.50 bits per heavy atom. The molecule has 0 heterocycles. The van der Waals surface area contributed by atoms with Gasteiger partial charge in [-0.1, -0.05) is 13.5 Å². The van der Waals surface area contributed by atoms with Crippen molar-refractivity contribution in [3.05, 3.63) is 12.8 Å². The zero-order valence-electron chi connectivity index (χ0n) is 6.39. The van der Waals surface area contributed by atoms with Gasteiger partial charge in [0.1, 0.15) is 6.10 Å². The standard InChI is InChI=1S/C7H13NO2/c1-4-6(3)10-7(9)8-5-2/h5-6H,2,4H2,1,3H3,(H,8,9). The normalized spacial score (nSPS) is 11.8. The van der Waals surface area contributed by atoms with Crippen molar-refractivity contribution in [1.29, 1.82) is 0 Å². The predicted molar refractivity (Wildman–Crippen MR) is 39.6 cm³/mol. The Morgan fingerprint density at radius 3 is 2.90 bits per heavy atom. The molecule has 3 heteroatoms. The number of alkyl carbamates (subject to hydrolysis) is 1. The first-order valence-electron chi connectivity index (χ1n) is 3.28. The number of hydrogen-bond acceptors (Lipinski definition) is 2. The Labute approximate surface area is 61.1 Å². The molecule has 0 saturated heterocycles. The van der Waals surface area contributed by atoms with Crippen molar-refractivity contribution in [1.82, 2.24) is 5.32 Å². The molecule has 0 bridgehead atoms. The summed E-state index contributed by atoms with van der Waals surface area (Å²) >= 11 is 0. The molecule has 1 unspecified atom stereocenters. The Bertz CT molecular complexity index is 123. The Morgan fingerprint density at radius 1 is 1.90 bits per heavy atom. The van der Waals surface area contributed by atoms with Crippen LogP contribution in [0.5, 0.6) is 0 Å². The second kappa shape index (κ2) is 4.85. The minimum atomic E-state index is -0.440. The Hall–Kier alpha value is -0.990. The monoisotopic (exact) mass is 143 g/mol. The summed E-state index contributed by atoms with van der Waals surface area (Å²) in [5.74, 6) is 0. The number of nitrogens with one attached hydrogen (secondary N) is 1. The van der Waals surface area contributed by atoms with Gasteiger partial charge in [0.15, 0.2) is 0 Å². The van der Waals surface area contributed by atoms with Crippen molar-refractivity contribution in [2.75, 3.05) is 0 Å². The first-order chi connectivity index (χ1) is 4.70. The fourth-order valence-corrected chi connectivity index (χ4v) is 0.383. The highest BCUT2D eigenvalue weighted by molar-refractivity contribution is 5.68. The third kappa shape index (κ3) is 3.95. The van der Waals surface area contributed by atoms with Crippen LogP contribution in [0.3, 0.4) is 0 Å². The number of rotatable bonds is 3. The van der Waals surface area contributed by atoms with Crippen molar-refractivity contribution in [2.24, 2.45) is 0 Å². The molecule has 0 saturated carbocycles. The Kier molecular flexibility index (Phi) is 4.37. The molecule has 10 heavy (non-hydrogen) atoms. The van der Waals surface area contributed by atoms with Crippen molar-refractivity contribution in [3.8, 4) is 0 Å². The first-order valence-corrected chi connectivity index (χ1v) is 3.28. The summed E-state index contributed by atoms with van der Waals surface area (Å²) in [6, 6.07) is 0. The van der Waals surface area contributed by atoms with Gasteiger partial charge in [-0.2, -0.15) is 0 Å². The summed E-state index contributed by atoms with van der Waals surface area (Å²) < 4.78 is 4.82. The van der Waals surface area contributed by atoms with E-state index in [4.69, 9.17) is 4.74 Å². The van der Waals surface area contributed by atoms with Gasteiger partial charge in [-0.25, -0.2) is 4.79 Å². The van der Waals surface area contributed by atoms with Crippen LogP contribution in [0, 0.1) is 0 Å². The zero-order chi connectivity index (χ0) is 7.98. The largest absolute Gasteiger partial charge is 0.446 e. The highest BCUT2D eigenvalue weighted by Crippen LogP contribution is 1.94. The van der Waals surface area contributed by atoms with Gasteiger partial charge < -0.3 is 4.74 Å². The number of carbonyl (C=O) groups excluding carboxylic acids is 1. The van der Waals surface area contributed by atoms with Crippen LogP contribution >= 0.6 is 0 Å². The van der Waals surface area contributed by atoms with Crippen LogP contribution in [0.15, 0.2) is 12.8 Å². The summed E-state index contributed by atoms with van der Waals surface area (Å²) in [4.78, 5) is 10.6. The molecule has 1 atom stereocenters. The van der Waals surface area contributed by atoms with E-state index >= 15 is 0 Å². The van der Waals surface area contributed by atoms with Crippen molar-refractivity contribution in [2.45, 2.75) is 26.4 Å². The van der Waals surface area contributed by atoms with E-state index in [-0.39, 0.29) is 6.10 Å². The molecule has 1 N–H and O–H groups in total. The lowest BCUT2D eigenvalue weighted by molar-refractivity contribution is 0.108. The zero-order valence-corrected chi connectivity index (χ0v) is 6.39. The molecule has 0 spiro atoms. The maximum atomic E-state index is 10.6. The highest BCUT2D eigenvalue weighted by atomic mass is 16.6. The van der Waals surface area contributed by atoms with Gasteiger partial charge in [0, 0.05) is 0 Å². The van der Waals surface area contributed by atoms with E-state index in [0.717, 1.165) is 6.42 Å². The summed E-state index contributed by atoms with van der Waals surface area (Å²) in [6.45, 7) is 7.11. The van der Waals surface area contributed by atoms with E-state index in [9.17, 15) is 4.79 Å². The molecule has 0 aromatic heterocycles. The van der Waals surface area contributed by atoms with E-state index in [1.807, 2.05) is 13.8 Å². The third-order valence-electron chi connectivity index (χ3n) is 1.10.